The zero-order valence-electron chi connectivity index (χ0n) is 15.8. The summed E-state index contributed by atoms with van der Waals surface area (Å²) < 4.78 is 21.9. The van der Waals surface area contributed by atoms with Crippen LogP contribution in [0.5, 0.6) is 0 Å². The molecule has 0 spiro atoms. The second kappa shape index (κ2) is 7.08. The third kappa shape index (κ3) is 3.38. The molecule has 0 unspecified atom stereocenters. The highest BCUT2D eigenvalue weighted by atomic mass is 19.1. The molecule has 2 aliphatic rings. The van der Waals surface area contributed by atoms with Crippen LogP contribution in [0, 0.1) is 5.82 Å². The number of fused-ring (bicyclic) bond motifs is 1. The molecule has 0 bridgehead atoms. The minimum absolute atomic E-state index is 0.0114. The van der Waals surface area contributed by atoms with Gasteiger partial charge in [-0.05, 0) is 76.4 Å². The molecule has 4 rings (SSSR count). The van der Waals surface area contributed by atoms with Gasteiger partial charge in [0, 0.05) is 17.6 Å². The highest BCUT2D eigenvalue weighted by Gasteiger charge is 2.29. The quantitative estimate of drug-likeness (QED) is 0.772. The molecule has 1 aromatic carbocycles. The molecule has 2 heterocycles. The lowest BCUT2D eigenvalue weighted by molar-refractivity contribution is 0.0524. The first-order valence-corrected chi connectivity index (χ1v) is 9.73. The molecule has 0 N–H and O–H groups in total. The van der Waals surface area contributed by atoms with E-state index in [0.29, 0.717) is 5.56 Å². The van der Waals surface area contributed by atoms with Gasteiger partial charge in [0.1, 0.15) is 11.4 Å². The summed E-state index contributed by atoms with van der Waals surface area (Å²) in [6.07, 6.45) is 5.43. The Labute approximate surface area is 157 Å². The van der Waals surface area contributed by atoms with Crippen molar-refractivity contribution in [2.45, 2.75) is 44.6 Å². The standard InChI is InChI=1S/C21H25FN2O3/c1-3-27-21(26)17-12-24(14-4-5-14)19-11-15(13-6-8-23(2)9-7-13)18(22)10-16(19)20(17)25/h10-14H,3-9H2,1-2H3. The van der Waals surface area contributed by atoms with Crippen molar-refractivity contribution in [3.05, 3.63) is 45.5 Å². The Balaban J connectivity index is 1.85. The van der Waals surface area contributed by atoms with Gasteiger partial charge in [0.15, 0.2) is 0 Å². The van der Waals surface area contributed by atoms with Gasteiger partial charge in [-0.2, -0.15) is 0 Å². The summed E-state index contributed by atoms with van der Waals surface area (Å²) in [5, 5.41) is 0.265. The summed E-state index contributed by atoms with van der Waals surface area (Å²) in [5.74, 6) is -0.825. The molecule has 144 valence electrons. The summed E-state index contributed by atoms with van der Waals surface area (Å²) in [4.78, 5) is 27.3. The monoisotopic (exact) mass is 372 g/mol. The van der Waals surface area contributed by atoms with Crippen LogP contribution in [0.2, 0.25) is 0 Å². The van der Waals surface area contributed by atoms with Crippen molar-refractivity contribution < 1.29 is 13.9 Å². The number of halogens is 1. The zero-order valence-corrected chi connectivity index (χ0v) is 15.8. The second-order valence-electron chi connectivity index (χ2n) is 7.70. The van der Waals surface area contributed by atoms with Gasteiger partial charge in [0.25, 0.3) is 0 Å². The molecule has 2 aromatic rings. The third-order valence-corrected chi connectivity index (χ3v) is 5.74. The van der Waals surface area contributed by atoms with E-state index >= 15 is 0 Å². The average Bonchev–Trinajstić information content (AvgIpc) is 3.48. The van der Waals surface area contributed by atoms with Crippen LogP contribution in [0.3, 0.4) is 0 Å². The van der Waals surface area contributed by atoms with Crippen molar-refractivity contribution in [1.82, 2.24) is 9.47 Å². The predicted molar refractivity (Wildman–Crippen MR) is 102 cm³/mol. The Morgan fingerprint density at radius 2 is 1.93 bits per heavy atom. The number of rotatable bonds is 4. The smallest absolute Gasteiger partial charge is 0.343 e. The number of carbonyl (C=O) groups excluding carboxylic acids is 1. The molecule has 27 heavy (non-hydrogen) atoms. The molecule has 0 radical (unpaired) electrons. The van der Waals surface area contributed by atoms with Crippen LogP contribution < -0.4 is 5.43 Å². The first kappa shape index (κ1) is 18.2. The van der Waals surface area contributed by atoms with E-state index in [1.807, 2.05) is 10.6 Å². The largest absolute Gasteiger partial charge is 0.462 e. The van der Waals surface area contributed by atoms with E-state index in [2.05, 4.69) is 11.9 Å². The summed E-state index contributed by atoms with van der Waals surface area (Å²) >= 11 is 0. The number of aromatic nitrogens is 1. The Bertz CT molecular complexity index is 941. The van der Waals surface area contributed by atoms with Crippen LogP contribution in [0.4, 0.5) is 4.39 Å². The van der Waals surface area contributed by atoms with Crippen molar-refractivity contribution >= 4 is 16.9 Å². The van der Waals surface area contributed by atoms with E-state index in [0.717, 1.165) is 44.3 Å². The maximum Gasteiger partial charge on any atom is 0.343 e. The van der Waals surface area contributed by atoms with Crippen molar-refractivity contribution in [1.29, 1.82) is 0 Å². The Kier molecular flexibility index (Phi) is 4.76. The Morgan fingerprint density at radius 3 is 2.56 bits per heavy atom. The number of carbonyl (C=O) groups is 1. The first-order valence-electron chi connectivity index (χ1n) is 9.73. The van der Waals surface area contributed by atoms with E-state index in [1.165, 1.54) is 6.07 Å². The average molecular weight is 372 g/mol. The third-order valence-electron chi connectivity index (χ3n) is 5.74. The molecule has 5 nitrogen and oxygen atoms in total. The van der Waals surface area contributed by atoms with Crippen LogP contribution >= 0.6 is 0 Å². The van der Waals surface area contributed by atoms with Crippen molar-refractivity contribution in [2.75, 3.05) is 26.7 Å². The van der Waals surface area contributed by atoms with Crippen LogP contribution in [0.15, 0.2) is 23.1 Å². The number of ether oxygens (including phenoxy) is 1. The fourth-order valence-corrected chi connectivity index (χ4v) is 4.03. The lowest BCUT2D eigenvalue weighted by Gasteiger charge is -2.29. The number of pyridine rings is 1. The van der Waals surface area contributed by atoms with Gasteiger partial charge in [0.05, 0.1) is 12.1 Å². The molecule has 2 fully saturated rings. The highest BCUT2D eigenvalue weighted by Crippen LogP contribution is 2.38. The van der Waals surface area contributed by atoms with Gasteiger partial charge in [-0.15, -0.1) is 0 Å². The van der Waals surface area contributed by atoms with Crippen LogP contribution in [0.1, 0.15) is 60.5 Å². The number of nitrogens with zero attached hydrogens (tertiary/aromatic N) is 2. The van der Waals surface area contributed by atoms with Crippen LogP contribution in [-0.4, -0.2) is 42.2 Å². The molecular formula is C21H25FN2O3. The highest BCUT2D eigenvalue weighted by molar-refractivity contribution is 5.94. The maximum atomic E-state index is 14.9. The number of hydrogen-bond acceptors (Lipinski definition) is 4. The van der Waals surface area contributed by atoms with Gasteiger partial charge >= 0.3 is 5.97 Å². The van der Waals surface area contributed by atoms with Gasteiger partial charge in [0.2, 0.25) is 5.43 Å². The van der Waals surface area contributed by atoms with Gasteiger partial charge in [-0.3, -0.25) is 4.79 Å². The Morgan fingerprint density at radius 1 is 1.22 bits per heavy atom. The normalized spacial score (nSPS) is 18.8. The van der Waals surface area contributed by atoms with E-state index in [-0.39, 0.29) is 35.3 Å². The first-order chi connectivity index (χ1) is 13.0. The molecule has 1 saturated carbocycles. The molecule has 1 aliphatic heterocycles. The zero-order chi connectivity index (χ0) is 19.1. The molecule has 1 aromatic heterocycles. The summed E-state index contributed by atoms with van der Waals surface area (Å²) in [5.41, 5.74) is 0.955. The number of hydrogen-bond donors (Lipinski definition) is 0. The summed E-state index contributed by atoms with van der Waals surface area (Å²) in [6.45, 7) is 3.79. The number of benzene rings is 1. The lowest BCUT2D eigenvalue weighted by atomic mass is 9.88. The minimum Gasteiger partial charge on any atom is -0.462 e. The van der Waals surface area contributed by atoms with Gasteiger partial charge < -0.3 is 14.2 Å². The number of piperidine rings is 1. The molecule has 1 saturated heterocycles. The molecule has 0 amide bonds. The second-order valence-corrected chi connectivity index (χ2v) is 7.70. The van der Waals surface area contributed by atoms with Crippen LogP contribution in [0.25, 0.3) is 10.9 Å². The Hall–Kier alpha value is -2.21. The van der Waals surface area contributed by atoms with Crippen molar-refractivity contribution in [2.24, 2.45) is 0 Å². The van der Waals surface area contributed by atoms with E-state index in [9.17, 15) is 14.0 Å². The van der Waals surface area contributed by atoms with E-state index in [1.54, 1.807) is 13.1 Å². The maximum absolute atomic E-state index is 14.9. The van der Waals surface area contributed by atoms with E-state index in [4.69, 9.17) is 4.74 Å². The minimum atomic E-state index is -0.640. The molecule has 6 heteroatoms. The number of esters is 1. The van der Waals surface area contributed by atoms with Crippen molar-refractivity contribution in [3.8, 4) is 0 Å². The SMILES string of the molecule is CCOC(=O)c1cn(C2CC2)c2cc(C3CCN(C)CC3)c(F)cc2c1=O. The molecular weight excluding hydrogens is 347 g/mol. The summed E-state index contributed by atoms with van der Waals surface area (Å²) in [6, 6.07) is 3.43. The fraction of sp³-hybridized carbons (Fsp3) is 0.524. The summed E-state index contributed by atoms with van der Waals surface area (Å²) in [7, 11) is 2.08. The van der Waals surface area contributed by atoms with Crippen LogP contribution in [-0.2, 0) is 4.74 Å². The van der Waals surface area contributed by atoms with Crippen molar-refractivity contribution in [3.63, 3.8) is 0 Å². The fourth-order valence-electron chi connectivity index (χ4n) is 4.03. The topological polar surface area (TPSA) is 51.5 Å². The molecule has 0 atom stereocenters. The lowest BCUT2D eigenvalue weighted by Crippen LogP contribution is -2.29. The van der Waals surface area contributed by atoms with Gasteiger partial charge in [-0.25, -0.2) is 9.18 Å². The van der Waals surface area contributed by atoms with Gasteiger partial charge in [-0.1, -0.05) is 0 Å². The molecule has 1 aliphatic carbocycles. The number of likely N-dealkylation sites (tertiary alicyclic amines) is 1. The predicted octanol–water partition coefficient (Wildman–Crippen LogP) is 3.46. The van der Waals surface area contributed by atoms with E-state index < -0.39 is 11.4 Å².